The zero-order chi connectivity index (χ0) is 22.5. The number of ether oxygens (including phenoxy) is 4. The number of nitrogens with zero attached hydrogens (tertiary/aromatic N) is 1. The molecule has 1 unspecified atom stereocenters. The lowest BCUT2D eigenvalue weighted by atomic mass is 9.95. The van der Waals surface area contributed by atoms with Crippen LogP contribution in [0.1, 0.15) is 17.2 Å². The minimum atomic E-state index is -0.808. The lowest BCUT2D eigenvalue weighted by Crippen LogP contribution is -2.32. The molecule has 3 rings (SSSR count). The fourth-order valence-electron chi connectivity index (χ4n) is 3.57. The number of Topliss-reactive ketones (excluding diaryl/α,β-unsaturated/α-hetero) is 1. The van der Waals surface area contributed by atoms with E-state index in [0.717, 1.165) is 0 Å². The second-order valence-electron chi connectivity index (χ2n) is 6.83. The van der Waals surface area contributed by atoms with Crippen LogP contribution in [0.4, 0.5) is 0 Å². The highest BCUT2D eigenvalue weighted by Crippen LogP contribution is 2.41. The first-order valence-electron chi connectivity index (χ1n) is 9.60. The average Bonchev–Trinajstić information content (AvgIpc) is 3.06. The summed E-state index contributed by atoms with van der Waals surface area (Å²) in [5.74, 6) is -0.164. The fourth-order valence-corrected chi connectivity index (χ4v) is 3.57. The summed E-state index contributed by atoms with van der Waals surface area (Å²) in [5.41, 5.74) is 0.998. The topological polar surface area (TPSA) is 94.5 Å². The first kappa shape index (κ1) is 22.2. The van der Waals surface area contributed by atoms with Crippen molar-refractivity contribution in [2.24, 2.45) is 0 Å². The summed E-state index contributed by atoms with van der Waals surface area (Å²) < 4.78 is 20.9. The molecule has 0 bridgehead atoms. The van der Waals surface area contributed by atoms with Gasteiger partial charge in [-0.15, -0.1) is 0 Å². The van der Waals surface area contributed by atoms with Crippen LogP contribution in [-0.4, -0.2) is 63.3 Å². The summed E-state index contributed by atoms with van der Waals surface area (Å²) in [5, 5.41) is 11.0. The normalized spacial score (nSPS) is 17.7. The molecule has 8 nitrogen and oxygen atoms in total. The smallest absolute Gasteiger partial charge is 0.295 e. The van der Waals surface area contributed by atoms with Crippen molar-refractivity contribution < 1.29 is 33.6 Å². The van der Waals surface area contributed by atoms with E-state index >= 15 is 0 Å². The van der Waals surface area contributed by atoms with Gasteiger partial charge in [0.15, 0.2) is 11.5 Å². The SMILES string of the molecule is COCCN1C(=O)C(=O)C(=C(O)c2ccc(OC)cc2)C1c1ccc(OC)c(OC)c1. The second kappa shape index (κ2) is 9.53. The molecule has 0 aromatic heterocycles. The zero-order valence-electron chi connectivity index (χ0n) is 17.9. The van der Waals surface area contributed by atoms with Gasteiger partial charge in [0.1, 0.15) is 11.5 Å². The molecule has 1 atom stereocenters. The molecule has 0 saturated carbocycles. The Hall–Kier alpha value is -3.52. The van der Waals surface area contributed by atoms with E-state index in [0.29, 0.717) is 28.4 Å². The maximum atomic E-state index is 12.9. The molecule has 8 heteroatoms. The third kappa shape index (κ3) is 4.20. The van der Waals surface area contributed by atoms with E-state index in [-0.39, 0.29) is 24.5 Å². The Labute approximate surface area is 180 Å². The van der Waals surface area contributed by atoms with Crippen LogP contribution in [0.3, 0.4) is 0 Å². The van der Waals surface area contributed by atoms with Gasteiger partial charge in [0.05, 0.1) is 39.6 Å². The molecular weight excluding hydrogens is 402 g/mol. The molecule has 1 saturated heterocycles. The fraction of sp³-hybridized carbons (Fsp3) is 0.304. The van der Waals surface area contributed by atoms with Gasteiger partial charge in [-0.1, -0.05) is 6.07 Å². The van der Waals surface area contributed by atoms with Crippen molar-refractivity contribution in [3.05, 3.63) is 59.2 Å². The first-order valence-corrected chi connectivity index (χ1v) is 9.60. The number of methoxy groups -OCH3 is 4. The van der Waals surface area contributed by atoms with E-state index in [1.807, 2.05) is 0 Å². The molecule has 2 aromatic rings. The molecule has 0 spiro atoms. The monoisotopic (exact) mass is 427 g/mol. The quantitative estimate of drug-likeness (QED) is 0.393. The summed E-state index contributed by atoms with van der Waals surface area (Å²) in [4.78, 5) is 27.2. The summed E-state index contributed by atoms with van der Waals surface area (Å²) in [6, 6.07) is 10.9. The Bertz CT molecular complexity index is 997. The molecular formula is C23H25NO7. The number of ketones is 1. The van der Waals surface area contributed by atoms with Gasteiger partial charge in [0.2, 0.25) is 0 Å². The van der Waals surface area contributed by atoms with Crippen LogP contribution < -0.4 is 14.2 Å². The molecule has 1 heterocycles. The summed E-state index contributed by atoms with van der Waals surface area (Å²) in [7, 11) is 6.07. The molecule has 1 aliphatic heterocycles. The van der Waals surface area contributed by atoms with E-state index in [4.69, 9.17) is 18.9 Å². The zero-order valence-corrected chi connectivity index (χ0v) is 17.9. The molecule has 1 fully saturated rings. The van der Waals surface area contributed by atoms with Gasteiger partial charge < -0.3 is 29.0 Å². The van der Waals surface area contributed by atoms with Gasteiger partial charge in [-0.2, -0.15) is 0 Å². The first-order chi connectivity index (χ1) is 15.0. The van der Waals surface area contributed by atoms with Crippen LogP contribution in [-0.2, 0) is 14.3 Å². The summed E-state index contributed by atoms with van der Waals surface area (Å²) in [6.07, 6.45) is 0. The molecule has 1 N–H and O–H groups in total. The van der Waals surface area contributed by atoms with E-state index in [1.165, 1.54) is 33.3 Å². The molecule has 1 aliphatic rings. The van der Waals surface area contributed by atoms with Crippen molar-refractivity contribution in [2.45, 2.75) is 6.04 Å². The lowest BCUT2D eigenvalue weighted by Gasteiger charge is -2.25. The third-order valence-electron chi connectivity index (χ3n) is 5.16. The van der Waals surface area contributed by atoms with Crippen LogP contribution in [0, 0.1) is 0 Å². The van der Waals surface area contributed by atoms with Crippen LogP contribution in [0.15, 0.2) is 48.0 Å². The van der Waals surface area contributed by atoms with E-state index < -0.39 is 17.7 Å². The predicted octanol–water partition coefficient (Wildman–Crippen LogP) is 2.78. The van der Waals surface area contributed by atoms with Crippen molar-refractivity contribution in [1.29, 1.82) is 0 Å². The highest BCUT2D eigenvalue weighted by atomic mass is 16.5. The van der Waals surface area contributed by atoms with Crippen molar-refractivity contribution in [3.8, 4) is 17.2 Å². The largest absolute Gasteiger partial charge is 0.507 e. The standard InChI is InChI=1S/C23H25NO7/c1-28-12-11-24-20(15-7-10-17(30-3)18(13-15)31-4)19(22(26)23(24)27)21(25)14-5-8-16(29-2)9-6-14/h5-10,13,20,25H,11-12H2,1-4H3. The Morgan fingerprint density at radius 3 is 2.19 bits per heavy atom. The van der Waals surface area contributed by atoms with E-state index in [9.17, 15) is 14.7 Å². The van der Waals surface area contributed by atoms with Gasteiger partial charge >= 0.3 is 0 Å². The molecule has 0 aliphatic carbocycles. The van der Waals surface area contributed by atoms with E-state index in [1.54, 1.807) is 42.5 Å². The molecule has 0 radical (unpaired) electrons. The van der Waals surface area contributed by atoms with Crippen LogP contribution >= 0.6 is 0 Å². The highest BCUT2D eigenvalue weighted by molar-refractivity contribution is 6.46. The van der Waals surface area contributed by atoms with Gasteiger partial charge in [-0.3, -0.25) is 9.59 Å². The van der Waals surface area contributed by atoms with Crippen LogP contribution in [0.5, 0.6) is 17.2 Å². The Balaban J connectivity index is 2.17. The van der Waals surface area contributed by atoms with Crippen molar-refractivity contribution in [2.75, 3.05) is 41.6 Å². The molecule has 1 amide bonds. The minimum absolute atomic E-state index is 0.00140. The number of rotatable bonds is 8. The summed E-state index contributed by atoms with van der Waals surface area (Å²) in [6.45, 7) is 0.416. The lowest BCUT2D eigenvalue weighted by molar-refractivity contribution is -0.140. The number of carbonyl (C=O) groups excluding carboxylic acids is 2. The van der Waals surface area contributed by atoms with Crippen LogP contribution in [0.2, 0.25) is 0 Å². The number of aliphatic hydroxyl groups is 1. The van der Waals surface area contributed by atoms with Crippen LogP contribution in [0.25, 0.3) is 5.76 Å². The highest BCUT2D eigenvalue weighted by Gasteiger charge is 2.46. The number of hydrogen-bond acceptors (Lipinski definition) is 7. The van der Waals surface area contributed by atoms with Crippen molar-refractivity contribution >= 4 is 17.4 Å². The molecule has 2 aromatic carbocycles. The van der Waals surface area contributed by atoms with Gasteiger partial charge in [0.25, 0.3) is 11.7 Å². The number of carbonyl (C=O) groups is 2. The number of likely N-dealkylation sites (tertiary alicyclic amines) is 1. The number of benzene rings is 2. The minimum Gasteiger partial charge on any atom is -0.507 e. The van der Waals surface area contributed by atoms with Gasteiger partial charge in [-0.05, 0) is 42.0 Å². The maximum Gasteiger partial charge on any atom is 0.295 e. The average molecular weight is 427 g/mol. The third-order valence-corrected chi connectivity index (χ3v) is 5.16. The Morgan fingerprint density at radius 1 is 0.935 bits per heavy atom. The molecule has 164 valence electrons. The van der Waals surface area contributed by atoms with Gasteiger partial charge in [-0.25, -0.2) is 0 Å². The summed E-state index contributed by atoms with van der Waals surface area (Å²) >= 11 is 0. The van der Waals surface area contributed by atoms with Crippen molar-refractivity contribution in [1.82, 2.24) is 4.90 Å². The second-order valence-corrected chi connectivity index (χ2v) is 6.83. The van der Waals surface area contributed by atoms with Crippen molar-refractivity contribution in [3.63, 3.8) is 0 Å². The van der Waals surface area contributed by atoms with Gasteiger partial charge in [0, 0.05) is 19.2 Å². The Morgan fingerprint density at radius 2 is 1.61 bits per heavy atom. The number of aliphatic hydroxyl groups excluding tert-OH is 1. The van der Waals surface area contributed by atoms with E-state index in [2.05, 4.69) is 0 Å². The maximum absolute atomic E-state index is 12.9. The number of amides is 1. The molecule has 31 heavy (non-hydrogen) atoms. The number of hydrogen-bond donors (Lipinski definition) is 1. The Kier molecular flexibility index (Phi) is 6.81. The predicted molar refractivity (Wildman–Crippen MR) is 113 cm³/mol.